The molecule has 9 nitrogen and oxygen atoms in total. The molecule has 0 aromatic carbocycles. The van der Waals surface area contributed by atoms with E-state index < -0.39 is 6.29 Å². The average Bonchev–Trinajstić information content (AvgIpc) is 3.18. The Morgan fingerprint density at radius 3 is 2.57 bits per heavy atom. The minimum atomic E-state index is -0.393. The highest BCUT2D eigenvalue weighted by Gasteiger charge is 2.24. The largest absolute Gasteiger partial charge is 0.351 e. The Balaban J connectivity index is 1.50. The fourth-order valence-electron chi connectivity index (χ4n) is 3.18. The van der Waals surface area contributed by atoms with Crippen molar-refractivity contribution in [3.63, 3.8) is 0 Å². The predicted octanol–water partition coefficient (Wildman–Crippen LogP) is 1.03. The van der Waals surface area contributed by atoms with E-state index in [4.69, 9.17) is 9.47 Å². The maximum absolute atomic E-state index is 12.7. The van der Waals surface area contributed by atoms with E-state index in [1.54, 1.807) is 17.1 Å². The van der Waals surface area contributed by atoms with Gasteiger partial charge >= 0.3 is 0 Å². The summed E-state index contributed by atoms with van der Waals surface area (Å²) >= 11 is 0. The molecule has 3 rings (SSSR count). The molecule has 1 fully saturated rings. The van der Waals surface area contributed by atoms with Crippen molar-refractivity contribution in [1.29, 1.82) is 0 Å². The van der Waals surface area contributed by atoms with E-state index in [-0.39, 0.29) is 5.91 Å². The Morgan fingerprint density at radius 2 is 1.93 bits per heavy atom. The van der Waals surface area contributed by atoms with E-state index in [9.17, 15) is 4.79 Å². The summed E-state index contributed by atoms with van der Waals surface area (Å²) in [5, 5.41) is 8.09. The van der Waals surface area contributed by atoms with Crippen molar-refractivity contribution in [2.24, 2.45) is 0 Å². The fourth-order valence-corrected chi connectivity index (χ4v) is 3.18. The van der Waals surface area contributed by atoms with Crippen LogP contribution in [0.2, 0.25) is 0 Å². The number of amides is 1. The molecule has 152 valence electrons. The van der Waals surface area contributed by atoms with Crippen LogP contribution in [0.15, 0.2) is 30.7 Å². The smallest absolute Gasteiger partial charge is 0.276 e. The van der Waals surface area contributed by atoms with Crippen LogP contribution >= 0.6 is 0 Å². The second-order valence-electron chi connectivity index (χ2n) is 6.60. The van der Waals surface area contributed by atoms with Crippen LogP contribution in [0.3, 0.4) is 0 Å². The number of aromatic nitrogens is 4. The third-order valence-electron chi connectivity index (χ3n) is 4.59. The van der Waals surface area contributed by atoms with Gasteiger partial charge in [0.25, 0.3) is 5.91 Å². The minimum Gasteiger partial charge on any atom is -0.351 e. The summed E-state index contributed by atoms with van der Waals surface area (Å²) in [6.07, 6.45) is 4.93. The van der Waals surface area contributed by atoms with Crippen LogP contribution in [0.4, 0.5) is 0 Å². The summed E-state index contributed by atoms with van der Waals surface area (Å²) < 4.78 is 12.6. The molecule has 1 saturated heterocycles. The van der Waals surface area contributed by atoms with Crippen molar-refractivity contribution in [3.8, 4) is 0 Å². The molecule has 1 amide bonds. The van der Waals surface area contributed by atoms with E-state index >= 15 is 0 Å². The molecule has 0 spiro atoms. The van der Waals surface area contributed by atoms with Crippen molar-refractivity contribution >= 4 is 5.91 Å². The summed E-state index contributed by atoms with van der Waals surface area (Å²) in [5.74, 6) is -0.0864. The topological polar surface area (TPSA) is 85.6 Å². The van der Waals surface area contributed by atoms with E-state index in [0.717, 1.165) is 19.6 Å². The first-order valence-corrected chi connectivity index (χ1v) is 9.73. The number of hydrogen-bond donors (Lipinski definition) is 0. The maximum atomic E-state index is 12.7. The first kappa shape index (κ1) is 20.4. The Labute approximate surface area is 165 Å². The normalized spacial score (nSPS) is 15.3. The number of carbonyl (C=O) groups excluding carboxylic acids is 1. The Kier molecular flexibility index (Phi) is 7.46. The Hall–Kier alpha value is -2.36. The lowest BCUT2D eigenvalue weighted by Crippen LogP contribution is -2.48. The zero-order valence-corrected chi connectivity index (χ0v) is 16.5. The number of pyridine rings is 1. The highest BCUT2D eigenvalue weighted by atomic mass is 16.7. The number of rotatable bonds is 9. The summed E-state index contributed by atoms with van der Waals surface area (Å²) in [6, 6.07) is 4.01. The lowest BCUT2D eigenvalue weighted by atomic mass is 10.2. The molecule has 0 unspecified atom stereocenters. The van der Waals surface area contributed by atoms with Gasteiger partial charge in [0.2, 0.25) is 0 Å². The number of carbonyl (C=O) groups is 1. The van der Waals surface area contributed by atoms with E-state index in [2.05, 4.69) is 26.3 Å². The van der Waals surface area contributed by atoms with Gasteiger partial charge in [-0.3, -0.25) is 14.7 Å². The molecule has 1 aliphatic rings. The van der Waals surface area contributed by atoms with Gasteiger partial charge in [-0.05, 0) is 25.5 Å². The van der Waals surface area contributed by atoms with Crippen molar-refractivity contribution in [2.45, 2.75) is 33.2 Å². The first-order valence-electron chi connectivity index (χ1n) is 9.73. The molecule has 3 heterocycles. The standard InChI is InChI=1S/C19H28N6O3/c1-3-27-18(28-4-2)15-25-14-17(21-22-25)19(26)24-10-8-23(9-11-24)13-16-6-5-7-20-12-16/h5-7,12,14,18H,3-4,8-11,13,15H2,1-2H3. The molecule has 0 aliphatic carbocycles. The van der Waals surface area contributed by atoms with Crippen LogP contribution in [0, 0.1) is 0 Å². The molecule has 0 radical (unpaired) electrons. The van der Waals surface area contributed by atoms with E-state index in [1.165, 1.54) is 5.56 Å². The molecule has 28 heavy (non-hydrogen) atoms. The van der Waals surface area contributed by atoms with Crippen molar-refractivity contribution in [1.82, 2.24) is 29.8 Å². The zero-order valence-electron chi connectivity index (χ0n) is 16.5. The first-order chi connectivity index (χ1) is 13.7. The lowest BCUT2D eigenvalue weighted by molar-refractivity contribution is -0.145. The molecule has 0 bridgehead atoms. The summed E-state index contributed by atoms with van der Waals surface area (Å²) in [6.45, 7) is 9.18. The van der Waals surface area contributed by atoms with Gasteiger partial charge in [-0.1, -0.05) is 11.3 Å². The molecule has 2 aromatic rings. The van der Waals surface area contributed by atoms with Crippen molar-refractivity contribution in [2.75, 3.05) is 39.4 Å². The highest BCUT2D eigenvalue weighted by molar-refractivity contribution is 5.92. The van der Waals surface area contributed by atoms with Gasteiger partial charge in [-0.2, -0.15) is 0 Å². The molecule has 0 N–H and O–H groups in total. The van der Waals surface area contributed by atoms with Crippen LogP contribution in [-0.4, -0.2) is 81.4 Å². The van der Waals surface area contributed by atoms with Crippen LogP contribution in [0.5, 0.6) is 0 Å². The van der Waals surface area contributed by atoms with Gasteiger partial charge in [0.15, 0.2) is 12.0 Å². The van der Waals surface area contributed by atoms with Gasteiger partial charge in [0.05, 0.1) is 12.7 Å². The highest BCUT2D eigenvalue weighted by Crippen LogP contribution is 2.10. The van der Waals surface area contributed by atoms with Gasteiger partial charge in [-0.15, -0.1) is 5.10 Å². The third-order valence-corrected chi connectivity index (χ3v) is 4.59. The van der Waals surface area contributed by atoms with Crippen LogP contribution in [-0.2, 0) is 22.6 Å². The van der Waals surface area contributed by atoms with Crippen molar-refractivity contribution < 1.29 is 14.3 Å². The van der Waals surface area contributed by atoms with Crippen molar-refractivity contribution in [3.05, 3.63) is 42.0 Å². The Bertz CT molecular complexity index is 724. The number of ether oxygens (including phenoxy) is 2. The van der Waals surface area contributed by atoms with Gasteiger partial charge < -0.3 is 14.4 Å². The molecule has 0 atom stereocenters. The molecule has 1 aliphatic heterocycles. The number of hydrogen-bond acceptors (Lipinski definition) is 7. The molecule has 0 saturated carbocycles. The number of piperazine rings is 1. The molecular formula is C19H28N6O3. The quantitative estimate of drug-likeness (QED) is 0.593. The van der Waals surface area contributed by atoms with Crippen LogP contribution in [0.1, 0.15) is 29.9 Å². The predicted molar refractivity (Wildman–Crippen MR) is 102 cm³/mol. The second kappa shape index (κ2) is 10.3. The number of nitrogens with zero attached hydrogens (tertiary/aromatic N) is 6. The Morgan fingerprint density at radius 1 is 1.18 bits per heavy atom. The van der Waals surface area contributed by atoms with Gasteiger partial charge in [0, 0.05) is 58.3 Å². The minimum absolute atomic E-state index is 0.0864. The van der Waals surface area contributed by atoms with Crippen LogP contribution < -0.4 is 0 Å². The third kappa shape index (κ3) is 5.57. The summed E-state index contributed by atoms with van der Waals surface area (Å²) in [4.78, 5) is 21.0. The molecule has 2 aromatic heterocycles. The molecular weight excluding hydrogens is 360 g/mol. The van der Waals surface area contributed by atoms with Gasteiger partial charge in [-0.25, -0.2) is 4.68 Å². The second-order valence-corrected chi connectivity index (χ2v) is 6.60. The fraction of sp³-hybridized carbons (Fsp3) is 0.579. The summed E-state index contributed by atoms with van der Waals surface area (Å²) in [5.41, 5.74) is 1.54. The lowest BCUT2D eigenvalue weighted by Gasteiger charge is -2.34. The van der Waals surface area contributed by atoms with E-state index in [1.807, 2.05) is 31.0 Å². The van der Waals surface area contributed by atoms with Gasteiger partial charge in [0.1, 0.15) is 0 Å². The monoisotopic (exact) mass is 388 g/mol. The SMILES string of the molecule is CCOC(Cn1cc(C(=O)N2CCN(Cc3cccnc3)CC2)nn1)OCC. The zero-order chi connectivity index (χ0) is 19.8. The summed E-state index contributed by atoms with van der Waals surface area (Å²) in [7, 11) is 0. The average molecular weight is 388 g/mol. The molecule has 9 heteroatoms. The van der Waals surface area contributed by atoms with E-state index in [0.29, 0.717) is 38.5 Å². The maximum Gasteiger partial charge on any atom is 0.276 e. The van der Waals surface area contributed by atoms with Crippen LogP contribution in [0.25, 0.3) is 0 Å².